The van der Waals surface area contributed by atoms with Crippen LogP contribution in [0.3, 0.4) is 0 Å². The SMILES string of the molecule is CC/C=C\C/C=C\C/C=C\C/C=C\CCCCCCCCCCCCCCCCCCCCCCCCCCCCC(=O)OC(COC(=O)CCCCCCC/C=C\C/C=C\CCCCC)COP(=O)([O-])OCC[N+](C)(C)C. The molecule has 0 N–H and O–H groups in total. The molecule has 0 aliphatic carbocycles. The van der Waals surface area contributed by atoms with Crippen LogP contribution in [0.2, 0.25) is 0 Å². The van der Waals surface area contributed by atoms with Crippen LogP contribution in [0, 0.1) is 0 Å². The molecule has 0 aromatic rings. The maximum absolute atomic E-state index is 12.8. The lowest BCUT2D eigenvalue weighted by Gasteiger charge is -2.28. The molecular weight excluding hydrogens is 990 g/mol. The number of phosphoric ester groups is 1. The van der Waals surface area contributed by atoms with E-state index in [1.807, 2.05) is 21.1 Å². The molecule has 454 valence electrons. The van der Waals surface area contributed by atoms with Crippen LogP contribution in [-0.4, -0.2) is 70.0 Å². The molecule has 2 atom stereocenters. The number of unbranched alkanes of at least 4 members (excludes halogenated alkanes) is 34. The number of esters is 2. The summed E-state index contributed by atoms with van der Waals surface area (Å²) in [5.74, 6) is -0.839. The second kappa shape index (κ2) is 59.1. The number of ether oxygens (including phenoxy) is 2. The predicted octanol–water partition coefficient (Wildman–Crippen LogP) is 20.2. The minimum absolute atomic E-state index is 0.0330. The van der Waals surface area contributed by atoms with E-state index in [4.69, 9.17) is 18.5 Å². The molecule has 0 aromatic heterocycles. The number of nitrogens with zero attached hydrogens (tertiary/aromatic N) is 1. The Kier molecular flexibility index (Phi) is 57.2. The molecule has 0 radical (unpaired) electrons. The zero-order chi connectivity index (χ0) is 57.0. The second-order valence-electron chi connectivity index (χ2n) is 23.1. The molecule has 9 nitrogen and oxygen atoms in total. The van der Waals surface area contributed by atoms with Crippen molar-refractivity contribution in [2.24, 2.45) is 0 Å². The van der Waals surface area contributed by atoms with Gasteiger partial charge in [-0.15, -0.1) is 0 Å². The largest absolute Gasteiger partial charge is 0.756 e. The number of hydrogen-bond donors (Lipinski definition) is 0. The molecule has 0 aliphatic heterocycles. The number of quaternary nitrogens is 1. The lowest BCUT2D eigenvalue weighted by Crippen LogP contribution is -2.37. The maximum atomic E-state index is 12.8. The van der Waals surface area contributed by atoms with E-state index in [-0.39, 0.29) is 26.1 Å². The third kappa shape index (κ3) is 62.6. The second-order valence-corrected chi connectivity index (χ2v) is 24.5. The van der Waals surface area contributed by atoms with Crippen LogP contribution in [-0.2, 0) is 32.7 Å². The summed E-state index contributed by atoms with van der Waals surface area (Å²) in [5, 5.41) is 0. The lowest BCUT2D eigenvalue weighted by molar-refractivity contribution is -0.870. The van der Waals surface area contributed by atoms with Crippen molar-refractivity contribution in [2.45, 2.75) is 302 Å². The van der Waals surface area contributed by atoms with Crippen molar-refractivity contribution < 1.29 is 42.1 Å². The van der Waals surface area contributed by atoms with E-state index >= 15 is 0 Å². The molecule has 2 unspecified atom stereocenters. The van der Waals surface area contributed by atoms with Gasteiger partial charge in [0.1, 0.15) is 19.8 Å². The topological polar surface area (TPSA) is 111 Å². The van der Waals surface area contributed by atoms with Crippen molar-refractivity contribution in [1.29, 1.82) is 0 Å². The molecule has 0 saturated carbocycles. The lowest BCUT2D eigenvalue weighted by atomic mass is 10.0. The zero-order valence-electron chi connectivity index (χ0n) is 51.6. The van der Waals surface area contributed by atoms with Gasteiger partial charge in [0.25, 0.3) is 7.82 Å². The van der Waals surface area contributed by atoms with Gasteiger partial charge in [-0.2, -0.15) is 0 Å². The molecule has 0 spiro atoms. The number of carbonyl (C=O) groups excluding carboxylic acids is 2. The van der Waals surface area contributed by atoms with Gasteiger partial charge in [0.05, 0.1) is 27.7 Å². The summed E-state index contributed by atoms with van der Waals surface area (Å²) in [6, 6.07) is 0. The molecule has 0 heterocycles. The fourth-order valence-electron chi connectivity index (χ4n) is 9.21. The van der Waals surface area contributed by atoms with E-state index in [0.29, 0.717) is 23.9 Å². The smallest absolute Gasteiger partial charge is 0.306 e. The Morgan fingerprint density at radius 3 is 1.09 bits per heavy atom. The Hall–Kier alpha value is -2.55. The Balaban J connectivity index is 3.91. The van der Waals surface area contributed by atoms with E-state index in [9.17, 15) is 19.0 Å². The molecule has 0 bridgehead atoms. The van der Waals surface area contributed by atoms with Gasteiger partial charge >= 0.3 is 11.9 Å². The summed E-state index contributed by atoms with van der Waals surface area (Å²) in [6.07, 6.45) is 78.5. The molecule has 10 heteroatoms. The van der Waals surface area contributed by atoms with Crippen molar-refractivity contribution >= 4 is 19.8 Å². The maximum Gasteiger partial charge on any atom is 0.306 e. The van der Waals surface area contributed by atoms with Gasteiger partial charge in [0.15, 0.2) is 6.10 Å². The number of hydrogen-bond acceptors (Lipinski definition) is 8. The summed E-state index contributed by atoms with van der Waals surface area (Å²) in [7, 11) is 1.17. The van der Waals surface area contributed by atoms with E-state index in [1.165, 1.54) is 173 Å². The Morgan fingerprint density at radius 2 is 0.731 bits per heavy atom. The minimum atomic E-state index is -4.64. The highest BCUT2D eigenvalue weighted by Gasteiger charge is 2.22. The molecule has 0 aromatic carbocycles. The van der Waals surface area contributed by atoms with Gasteiger partial charge in [0.2, 0.25) is 0 Å². The van der Waals surface area contributed by atoms with Gasteiger partial charge in [-0.1, -0.05) is 273 Å². The third-order valence-corrected chi connectivity index (χ3v) is 15.2. The summed E-state index contributed by atoms with van der Waals surface area (Å²) in [5.41, 5.74) is 0. The first kappa shape index (κ1) is 75.5. The first-order valence-electron chi connectivity index (χ1n) is 32.6. The standard InChI is InChI=1S/C68H124NO8P/c1-6-8-10-12-14-16-18-20-22-23-24-25-26-27-28-29-30-31-32-33-34-35-36-37-38-39-40-41-42-43-44-45-47-49-51-53-55-57-59-61-68(71)77-66(65-76-78(72,73)75-63-62-69(3,4)5)64-74-67(70)60-58-56-54-52-50-48-46-21-19-17-15-13-11-9-7-2/h8,10,14-17,20-22,24-25,46,66H,6-7,9,11-13,18-19,23,26-45,47-65H2,1-5H3/b10-8-,16-14-,17-15-,22-20-,25-24-,46-21-. The van der Waals surface area contributed by atoms with Crippen LogP contribution in [0.1, 0.15) is 296 Å². The normalized spacial score (nSPS) is 13.7. The van der Waals surface area contributed by atoms with Crippen LogP contribution in [0.15, 0.2) is 72.9 Å². The highest BCUT2D eigenvalue weighted by Crippen LogP contribution is 2.38. The molecule has 0 aliphatic rings. The van der Waals surface area contributed by atoms with Gasteiger partial charge < -0.3 is 27.9 Å². The van der Waals surface area contributed by atoms with Crippen molar-refractivity contribution in [2.75, 3.05) is 47.5 Å². The number of likely N-dealkylation sites (N-methyl/N-ethyl adjacent to an activating group) is 1. The highest BCUT2D eigenvalue weighted by atomic mass is 31.2. The van der Waals surface area contributed by atoms with Gasteiger partial charge in [-0.25, -0.2) is 0 Å². The van der Waals surface area contributed by atoms with E-state index in [0.717, 1.165) is 83.5 Å². The van der Waals surface area contributed by atoms with E-state index in [2.05, 4.69) is 86.8 Å². The monoisotopic (exact) mass is 1110 g/mol. The van der Waals surface area contributed by atoms with Gasteiger partial charge in [0, 0.05) is 12.8 Å². The first-order chi connectivity index (χ1) is 38.0. The molecule has 0 amide bonds. The fourth-order valence-corrected chi connectivity index (χ4v) is 9.94. The molecule has 0 fully saturated rings. The molecule has 78 heavy (non-hydrogen) atoms. The Morgan fingerprint density at radius 1 is 0.410 bits per heavy atom. The van der Waals surface area contributed by atoms with Crippen molar-refractivity contribution in [3.05, 3.63) is 72.9 Å². The average Bonchev–Trinajstić information content (AvgIpc) is 3.41. The molecular formula is C68H124NO8P. The summed E-state index contributed by atoms with van der Waals surface area (Å²) in [6.45, 7) is 4.11. The number of allylic oxidation sites excluding steroid dienone is 12. The van der Waals surface area contributed by atoms with E-state index < -0.39 is 32.5 Å². The first-order valence-corrected chi connectivity index (χ1v) is 34.1. The molecule has 0 saturated heterocycles. The highest BCUT2D eigenvalue weighted by molar-refractivity contribution is 7.45. The zero-order valence-corrected chi connectivity index (χ0v) is 52.5. The number of rotatable bonds is 60. The quantitative estimate of drug-likeness (QED) is 0.0195. The number of phosphoric acid groups is 1. The van der Waals surface area contributed by atoms with E-state index in [1.54, 1.807) is 0 Å². The van der Waals surface area contributed by atoms with Crippen LogP contribution in [0.4, 0.5) is 0 Å². The van der Waals surface area contributed by atoms with Crippen LogP contribution in [0.5, 0.6) is 0 Å². The fraction of sp³-hybridized carbons (Fsp3) is 0.794. The molecule has 0 rings (SSSR count). The van der Waals surface area contributed by atoms with Crippen molar-refractivity contribution in [3.8, 4) is 0 Å². The summed E-state index contributed by atoms with van der Waals surface area (Å²) < 4.78 is 34.2. The summed E-state index contributed by atoms with van der Waals surface area (Å²) in [4.78, 5) is 37.9. The van der Waals surface area contributed by atoms with Crippen molar-refractivity contribution in [1.82, 2.24) is 0 Å². The summed E-state index contributed by atoms with van der Waals surface area (Å²) >= 11 is 0. The van der Waals surface area contributed by atoms with Gasteiger partial charge in [-0.05, 0) is 83.5 Å². The Labute approximate surface area is 482 Å². The van der Waals surface area contributed by atoms with Crippen LogP contribution < -0.4 is 4.89 Å². The average molecular weight is 1110 g/mol. The van der Waals surface area contributed by atoms with Crippen molar-refractivity contribution in [3.63, 3.8) is 0 Å². The predicted molar refractivity (Wildman–Crippen MR) is 333 cm³/mol. The third-order valence-electron chi connectivity index (χ3n) is 14.2. The van der Waals surface area contributed by atoms with Crippen LogP contribution >= 0.6 is 7.82 Å². The van der Waals surface area contributed by atoms with Gasteiger partial charge in [-0.3, -0.25) is 14.2 Å². The minimum Gasteiger partial charge on any atom is -0.756 e. The number of carbonyl (C=O) groups is 2. The van der Waals surface area contributed by atoms with Crippen LogP contribution in [0.25, 0.3) is 0 Å². The Bertz CT molecular complexity index is 1550.